The third-order valence-corrected chi connectivity index (χ3v) is 6.63. The van der Waals surface area contributed by atoms with Crippen LogP contribution in [0.2, 0.25) is 0 Å². The van der Waals surface area contributed by atoms with Crippen LogP contribution in [0.25, 0.3) is 0 Å². The summed E-state index contributed by atoms with van der Waals surface area (Å²) in [4.78, 5) is 26.6. The first-order valence-electron chi connectivity index (χ1n) is 11.4. The molecule has 0 amide bonds. The Morgan fingerprint density at radius 1 is 0.931 bits per heavy atom. The monoisotopic (exact) mass is 410 g/mol. The van der Waals surface area contributed by atoms with Gasteiger partial charge < -0.3 is 10.2 Å². The van der Waals surface area contributed by atoms with Crippen LogP contribution in [0.5, 0.6) is 0 Å². The van der Waals surface area contributed by atoms with Gasteiger partial charge in [0.25, 0.3) is 0 Å². The molecule has 2 N–H and O–H groups in total. The van der Waals surface area contributed by atoms with Gasteiger partial charge in [-0.25, -0.2) is 0 Å². The summed E-state index contributed by atoms with van der Waals surface area (Å²) in [5, 5.41) is 20.7. The van der Waals surface area contributed by atoms with E-state index in [0.29, 0.717) is 44.9 Å². The van der Waals surface area contributed by atoms with E-state index in [9.17, 15) is 19.8 Å². The first-order valence-corrected chi connectivity index (χ1v) is 11.4. The summed E-state index contributed by atoms with van der Waals surface area (Å²) >= 11 is 0. The van der Waals surface area contributed by atoms with Crippen LogP contribution < -0.4 is 0 Å². The Bertz CT molecular complexity index is 566. The molecular formula is C25H46O4. The Labute approximate surface area is 178 Å². The number of aliphatic hydroxyl groups excluding tert-OH is 2. The highest BCUT2D eigenvalue weighted by Crippen LogP contribution is 2.43. The lowest BCUT2D eigenvalue weighted by Gasteiger charge is -2.37. The minimum atomic E-state index is -0.769. The van der Waals surface area contributed by atoms with Crippen LogP contribution in [0.3, 0.4) is 0 Å². The number of rotatable bonds is 2. The zero-order valence-electron chi connectivity index (χ0n) is 20.2. The minimum absolute atomic E-state index is 0.0149. The van der Waals surface area contributed by atoms with Crippen molar-refractivity contribution in [2.45, 2.75) is 125 Å². The van der Waals surface area contributed by atoms with Crippen molar-refractivity contribution in [1.82, 2.24) is 0 Å². The molecule has 4 heteroatoms. The fraction of sp³-hybridized carbons (Fsp3) is 0.920. The number of ketones is 2. The van der Waals surface area contributed by atoms with Crippen molar-refractivity contribution in [1.29, 1.82) is 0 Å². The van der Waals surface area contributed by atoms with E-state index >= 15 is 0 Å². The largest absolute Gasteiger partial charge is 0.390 e. The smallest absolute Gasteiger partial charge is 0.144 e. The first kappa shape index (κ1) is 26.3. The van der Waals surface area contributed by atoms with Gasteiger partial charge in [-0.05, 0) is 56.8 Å². The third-order valence-electron chi connectivity index (χ3n) is 6.63. The van der Waals surface area contributed by atoms with Crippen LogP contribution in [-0.4, -0.2) is 34.0 Å². The Hall–Kier alpha value is -0.740. The fourth-order valence-electron chi connectivity index (χ4n) is 5.23. The van der Waals surface area contributed by atoms with Crippen molar-refractivity contribution in [3.8, 4) is 0 Å². The number of Topliss-reactive ketones (excluding diaryl/α,β-unsaturated/α-hetero) is 2. The van der Waals surface area contributed by atoms with Gasteiger partial charge in [0.2, 0.25) is 0 Å². The normalized spacial score (nSPS) is 34.1. The molecule has 0 aliphatic heterocycles. The van der Waals surface area contributed by atoms with E-state index in [1.807, 2.05) is 34.6 Å². The lowest BCUT2D eigenvalue weighted by Crippen LogP contribution is -2.39. The number of carbonyl (C=O) groups excluding carboxylic acids is 2. The molecule has 4 unspecified atom stereocenters. The molecular weight excluding hydrogens is 364 g/mol. The molecule has 1 saturated carbocycles. The van der Waals surface area contributed by atoms with E-state index in [2.05, 4.69) is 20.8 Å². The second kappa shape index (κ2) is 9.60. The van der Waals surface area contributed by atoms with E-state index in [4.69, 9.17) is 0 Å². The van der Waals surface area contributed by atoms with Gasteiger partial charge in [-0.15, -0.1) is 0 Å². The summed E-state index contributed by atoms with van der Waals surface area (Å²) in [5.74, 6) is 0.412. The zero-order valence-corrected chi connectivity index (χ0v) is 20.2. The summed E-state index contributed by atoms with van der Waals surface area (Å²) < 4.78 is 0. The van der Waals surface area contributed by atoms with Gasteiger partial charge in [0.05, 0.1) is 12.2 Å². The summed E-state index contributed by atoms with van der Waals surface area (Å²) in [5.41, 5.74) is -1.52. The van der Waals surface area contributed by atoms with Gasteiger partial charge in [-0.3, -0.25) is 9.59 Å². The predicted octanol–water partition coefficient (Wildman–Crippen LogP) is 5.48. The first-order chi connectivity index (χ1) is 13.0. The minimum Gasteiger partial charge on any atom is -0.390 e. The molecule has 0 bridgehead atoms. The third kappa shape index (κ3) is 7.79. The Morgan fingerprint density at radius 3 is 1.86 bits per heavy atom. The molecule has 0 saturated heterocycles. The SMILES string of the molecule is CC(C)(C)CC1(C)CCCC(O)C(O)CCCC(C)(C(=O)C(C)(C)C)CCC1=O. The fourth-order valence-corrected chi connectivity index (χ4v) is 5.23. The standard InChI is InChI=1S/C25H46O4/c1-22(2,3)17-25(8)15-10-12-19(27)18(26)11-9-14-24(7,16-13-20(25)28)21(29)23(4,5)6/h18-19,26-27H,9-17H2,1-8H3. The van der Waals surface area contributed by atoms with E-state index in [1.54, 1.807) is 0 Å². The molecule has 0 spiro atoms. The lowest BCUT2D eigenvalue weighted by atomic mass is 9.65. The molecule has 4 atom stereocenters. The van der Waals surface area contributed by atoms with Gasteiger partial charge >= 0.3 is 0 Å². The maximum absolute atomic E-state index is 13.4. The van der Waals surface area contributed by atoms with E-state index < -0.39 is 28.5 Å². The molecule has 0 radical (unpaired) electrons. The second-order valence-electron chi connectivity index (χ2n) is 12.3. The topological polar surface area (TPSA) is 74.6 Å². The van der Waals surface area contributed by atoms with E-state index in [-0.39, 0.29) is 17.0 Å². The second-order valence-corrected chi connectivity index (χ2v) is 12.3. The summed E-state index contributed by atoms with van der Waals surface area (Å²) in [6, 6.07) is 0. The maximum Gasteiger partial charge on any atom is 0.144 e. The van der Waals surface area contributed by atoms with Crippen LogP contribution in [-0.2, 0) is 9.59 Å². The predicted molar refractivity (Wildman–Crippen MR) is 119 cm³/mol. The number of carbonyl (C=O) groups is 2. The zero-order chi connectivity index (χ0) is 22.7. The van der Waals surface area contributed by atoms with Crippen LogP contribution >= 0.6 is 0 Å². The highest BCUT2D eigenvalue weighted by atomic mass is 16.3. The maximum atomic E-state index is 13.4. The van der Waals surface area contributed by atoms with Crippen molar-refractivity contribution < 1.29 is 19.8 Å². The van der Waals surface area contributed by atoms with Gasteiger partial charge in [0.15, 0.2) is 0 Å². The Balaban J connectivity index is 3.20. The van der Waals surface area contributed by atoms with Crippen molar-refractivity contribution in [3.05, 3.63) is 0 Å². The molecule has 1 aliphatic carbocycles. The van der Waals surface area contributed by atoms with E-state index in [0.717, 1.165) is 12.8 Å². The molecule has 170 valence electrons. The molecule has 0 aromatic carbocycles. The molecule has 1 aliphatic rings. The van der Waals surface area contributed by atoms with Crippen LogP contribution in [0.15, 0.2) is 0 Å². The molecule has 0 aromatic rings. The number of hydrogen-bond donors (Lipinski definition) is 2. The van der Waals surface area contributed by atoms with Gasteiger partial charge in [-0.1, -0.05) is 55.4 Å². The van der Waals surface area contributed by atoms with Gasteiger partial charge in [0.1, 0.15) is 11.6 Å². The average Bonchev–Trinajstić information content (AvgIpc) is 2.56. The van der Waals surface area contributed by atoms with Crippen molar-refractivity contribution in [2.75, 3.05) is 0 Å². The highest BCUT2D eigenvalue weighted by molar-refractivity contribution is 5.90. The molecule has 0 aromatic heterocycles. The number of hydrogen-bond acceptors (Lipinski definition) is 4. The van der Waals surface area contributed by atoms with E-state index in [1.165, 1.54) is 0 Å². The van der Waals surface area contributed by atoms with Crippen LogP contribution in [0, 0.1) is 21.7 Å². The highest BCUT2D eigenvalue weighted by Gasteiger charge is 2.42. The molecule has 4 nitrogen and oxygen atoms in total. The van der Waals surface area contributed by atoms with Crippen molar-refractivity contribution in [3.63, 3.8) is 0 Å². The summed E-state index contributed by atoms with van der Waals surface area (Å²) in [7, 11) is 0. The molecule has 1 fully saturated rings. The van der Waals surface area contributed by atoms with Crippen molar-refractivity contribution >= 4 is 11.6 Å². The van der Waals surface area contributed by atoms with Crippen LogP contribution in [0.1, 0.15) is 113 Å². The summed E-state index contributed by atoms with van der Waals surface area (Å²) in [6.45, 7) is 16.3. The Kier molecular flexibility index (Phi) is 8.70. The molecule has 0 heterocycles. The molecule has 1 rings (SSSR count). The Morgan fingerprint density at radius 2 is 1.41 bits per heavy atom. The van der Waals surface area contributed by atoms with Crippen LogP contribution in [0.4, 0.5) is 0 Å². The van der Waals surface area contributed by atoms with Crippen molar-refractivity contribution in [2.24, 2.45) is 21.7 Å². The molecule has 29 heavy (non-hydrogen) atoms. The van der Waals surface area contributed by atoms with Gasteiger partial charge in [-0.2, -0.15) is 0 Å². The van der Waals surface area contributed by atoms with Gasteiger partial charge in [0, 0.05) is 22.7 Å². The number of aliphatic hydroxyl groups is 2. The lowest BCUT2D eigenvalue weighted by molar-refractivity contribution is -0.138. The summed E-state index contributed by atoms with van der Waals surface area (Å²) in [6.07, 6.45) is 3.93. The average molecular weight is 411 g/mol. The quantitative estimate of drug-likeness (QED) is 0.632.